The number of nitrogens with zero attached hydrogens (tertiary/aromatic N) is 3. The molecule has 4 heteroatoms. The highest BCUT2D eigenvalue weighted by atomic mass is 32.1. The van der Waals surface area contributed by atoms with E-state index in [0.29, 0.717) is 5.92 Å². The van der Waals surface area contributed by atoms with Gasteiger partial charge in [-0.05, 0) is 43.3 Å². The third-order valence-electron chi connectivity index (χ3n) is 3.84. The van der Waals surface area contributed by atoms with E-state index in [9.17, 15) is 0 Å². The van der Waals surface area contributed by atoms with Crippen LogP contribution in [-0.4, -0.2) is 28.0 Å². The summed E-state index contributed by atoms with van der Waals surface area (Å²) in [5.41, 5.74) is 2.57. The van der Waals surface area contributed by atoms with E-state index in [-0.39, 0.29) is 0 Å². The minimum absolute atomic E-state index is 0.544. The minimum Gasteiger partial charge on any atom is -0.298 e. The number of piperidine rings is 1. The van der Waals surface area contributed by atoms with E-state index < -0.39 is 0 Å². The maximum atomic E-state index is 4.46. The lowest BCUT2D eigenvalue weighted by molar-refractivity contribution is 0.199. The monoisotopic (exact) mass is 273 g/mol. The Labute approximate surface area is 118 Å². The first kappa shape index (κ1) is 12.8. The highest BCUT2D eigenvalue weighted by Gasteiger charge is 2.22. The zero-order valence-corrected chi connectivity index (χ0v) is 12.1. The molecule has 2 aromatic heterocycles. The van der Waals surface area contributed by atoms with Gasteiger partial charge in [-0.3, -0.25) is 14.9 Å². The number of rotatable bonds is 3. The molecule has 100 valence electrons. The molecular formula is C15H19N3S. The Kier molecular flexibility index (Phi) is 3.89. The van der Waals surface area contributed by atoms with E-state index in [1.165, 1.54) is 29.8 Å². The van der Waals surface area contributed by atoms with Crippen molar-refractivity contribution >= 4 is 11.3 Å². The molecule has 0 aliphatic carbocycles. The topological polar surface area (TPSA) is 29.0 Å². The second-order valence-electron chi connectivity index (χ2n) is 5.23. The van der Waals surface area contributed by atoms with Gasteiger partial charge < -0.3 is 0 Å². The van der Waals surface area contributed by atoms with Gasteiger partial charge in [0.15, 0.2) is 0 Å². The number of hydrogen-bond acceptors (Lipinski definition) is 4. The average Bonchev–Trinajstić information content (AvgIpc) is 2.86. The van der Waals surface area contributed by atoms with Crippen LogP contribution < -0.4 is 0 Å². The van der Waals surface area contributed by atoms with Crippen molar-refractivity contribution in [1.29, 1.82) is 0 Å². The van der Waals surface area contributed by atoms with Crippen molar-refractivity contribution in [1.82, 2.24) is 14.9 Å². The average molecular weight is 273 g/mol. The van der Waals surface area contributed by atoms with Gasteiger partial charge in [-0.2, -0.15) is 0 Å². The molecule has 0 radical (unpaired) electrons. The largest absolute Gasteiger partial charge is 0.298 e. The fourth-order valence-corrected chi connectivity index (χ4v) is 3.68. The Morgan fingerprint density at radius 3 is 3.11 bits per heavy atom. The summed E-state index contributed by atoms with van der Waals surface area (Å²) in [7, 11) is 0. The van der Waals surface area contributed by atoms with Crippen molar-refractivity contribution in [3.05, 3.63) is 46.2 Å². The summed E-state index contributed by atoms with van der Waals surface area (Å²) in [6.07, 6.45) is 7.96. The van der Waals surface area contributed by atoms with Crippen molar-refractivity contribution in [2.24, 2.45) is 0 Å². The maximum absolute atomic E-state index is 4.46. The summed E-state index contributed by atoms with van der Waals surface area (Å²) in [6.45, 7) is 5.60. The van der Waals surface area contributed by atoms with Gasteiger partial charge in [-0.15, -0.1) is 11.3 Å². The Morgan fingerprint density at radius 2 is 2.37 bits per heavy atom. The molecule has 1 fully saturated rings. The van der Waals surface area contributed by atoms with E-state index in [1.807, 2.05) is 17.5 Å². The quantitative estimate of drug-likeness (QED) is 0.859. The Hall–Kier alpha value is -1.26. The van der Waals surface area contributed by atoms with Gasteiger partial charge in [0, 0.05) is 42.5 Å². The molecular weight excluding hydrogens is 254 g/mol. The highest BCUT2D eigenvalue weighted by molar-refractivity contribution is 7.10. The lowest BCUT2D eigenvalue weighted by Crippen LogP contribution is -2.34. The highest BCUT2D eigenvalue weighted by Crippen LogP contribution is 2.27. The molecule has 0 bridgehead atoms. The molecule has 3 heterocycles. The molecule has 0 N–H and O–H groups in total. The van der Waals surface area contributed by atoms with Crippen LogP contribution in [0.4, 0.5) is 0 Å². The van der Waals surface area contributed by atoms with E-state index in [0.717, 1.165) is 18.8 Å². The Balaban J connectivity index is 1.67. The molecule has 1 saturated heterocycles. The first-order valence-electron chi connectivity index (χ1n) is 6.84. The molecule has 1 unspecified atom stereocenters. The van der Waals surface area contributed by atoms with Gasteiger partial charge in [0.2, 0.25) is 0 Å². The lowest BCUT2D eigenvalue weighted by atomic mass is 9.95. The molecule has 0 amide bonds. The fourth-order valence-electron chi connectivity index (χ4n) is 2.73. The number of aryl methyl sites for hydroxylation is 1. The Morgan fingerprint density at radius 1 is 1.42 bits per heavy atom. The van der Waals surface area contributed by atoms with E-state index in [2.05, 4.69) is 33.2 Å². The second kappa shape index (κ2) is 5.80. The van der Waals surface area contributed by atoms with Crippen LogP contribution in [0.15, 0.2) is 30.0 Å². The molecule has 1 aliphatic heterocycles. The van der Waals surface area contributed by atoms with Gasteiger partial charge in [-0.1, -0.05) is 0 Å². The third-order valence-corrected chi connectivity index (χ3v) is 4.85. The first-order valence-corrected chi connectivity index (χ1v) is 7.72. The SMILES string of the molecule is Cc1ccsc1CN1CCCC(c2cnccn2)C1. The molecule has 3 nitrogen and oxygen atoms in total. The molecule has 0 saturated carbocycles. The predicted molar refractivity (Wildman–Crippen MR) is 78.3 cm³/mol. The summed E-state index contributed by atoms with van der Waals surface area (Å²) in [5.74, 6) is 0.544. The lowest BCUT2D eigenvalue weighted by Gasteiger charge is -2.32. The van der Waals surface area contributed by atoms with Crippen molar-refractivity contribution in [3.8, 4) is 0 Å². The molecule has 1 aliphatic rings. The molecule has 19 heavy (non-hydrogen) atoms. The molecule has 0 aromatic carbocycles. The summed E-state index contributed by atoms with van der Waals surface area (Å²) in [4.78, 5) is 12.7. The van der Waals surface area contributed by atoms with Crippen LogP contribution in [0.5, 0.6) is 0 Å². The minimum atomic E-state index is 0.544. The van der Waals surface area contributed by atoms with Gasteiger partial charge >= 0.3 is 0 Å². The van der Waals surface area contributed by atoms with Gasteiger partial charge in [0.05, 0.1) is 5.69 Å². The van der Waals surface area contributed by atoms with Gasteiger partial charge in [0.1, 0.15) is 0 Å². The van der Waals surface area contributed by atoms with Crippen LogP contribution in [0.25, 0.3) is 0 Å². The van der Waals surface area contributed by atoms with Crippen LogP contribution in [0.2, 0.25) is 0 Å². The normalized spacial score (nSPS) is 20.6. The van der Waals surface area contributed by atoms with E-state index >= 15 is 0 Å². The summed E-state index contributed by atoms with van der Waals surface area (Å²) in [6, 6.07) is 2.21. The maximum Gasteiger partial charge on any atom is 0.0630 e. The van der Waals surface area contributed by atoms with Crippen molar-refractivity contribution in [2.75, 3.05) is 13.1 Å². The Bertz CT molecular complexity index is 523. The van der Waals surface area contributed by atoms with E-state index in [4.69, 9.17) is 0 Å². The summed E-state index contributed by atoms with van der Waals surface area (Å²) < 4.78 is 0. The van der Waals surface area contributed by atoms with Gasteiger partial charge in [0.25, 0.3) is 0 Å². The van der Waals surface area contributed by atoms with Crippen LogP contribution in [0.1, 0.15) is 34.9 Å². The number of aromatic nitrogens is 2. The van der Waals surface area contributed by atoms with Crippen LogP contribution >= 0.6 is 11.3 Å². The molecule has 1 atom stereocenters. The summed E-state index contributed by atoms with van der Waals surface area (Å²) >= 11 is 1.87. The van der Waals surface area contributed by atoms with Crippen molar-refractivity contribution in [3.63, 3.8) is 0 Å². The standard InChI is InChI=1S/C15H19N3S/c1-12-4-8-19-15(12)11-18-7-2-3-13(10-18)14-9-16-5-6-17-14/h4-6,8-9,13H,2-3,7,10-11H2,1H3. The first-order chi connectivity index (χ1) is 9.33. The van der Waals surface area contributed by atoms with E-state index in [1.54, 1.807) is 12.4 Å². The molecule has 2 aromatic rings. The zero-order valence-electron chi connectivity index (χ0n) is 11.2. The smallest absolute Gasteiger partial charge is 0.0630 e. The zero-order chi connectivity index (χ0) is 13.1. The van der Waals surface area contributed by atoms with Crippen LogP contribution in [0.3, 0.4) is 0 Å². The molecule has 3 rings (SSSR count). The number of hydrogen-bond donors (Lipinski definition) is 0. The predicted octanol–water partition coefficient (Wildman–Crippen LogP) is 3.23. The van der Waals surface area contributed by atoms with Crippen LogP contribution in [-0.2, 0) is 6.54 Å². The number of likely N-dealkylation sites (tertiary alicyclic amines) is 1. The second-order valence-corrected chi connectivity index (χ2v) is 6.23. The molecule has 0 spiro atoms. The van der Waals surface area contributed by atoms with Crippen molar-refractivity contribution in [2.45, 2.75) is 32.2 Å². The van der Waals surface area contributed by atoms with Crippen LogP contribution in [0, 0.1) is 6.92 Å². The van der Waals surface area contributed by atoms with Crippen molar-refractivity contribution < 1.29 is 0 Å². The summed E-state index contributed by atoms with van der Waals surface area (Å²) in [5, 5.41) is 2.19. The fraction of sp³-hybridized carbons (Fsp3) is 0.467. The van der Waals surface area contributed by atoms with Gasteiger partial charge in [-0.25, -0.2) is 0 Å². The number of thiophene rings is 1. The third kappa shape index (κ3) is 3.01.